The highest BCUT2D eigenvalue weighted by molar-refractivity contribution is 5.89. The number of rotatable bonds is 4. The van der Waals surface area contributed by atoms with Crippen molar-refractivity contribution in [1.29, 1.82) is 0 Å². The van der Waals surface area contributed by atoms with Gasteiger partial charge in [0.25, 0.3) is 0 Å². The molecule has 0 N–H and O–H groups in total. The second kappa shape index (κ2) is 6.37. The molecule has 1 aliphatic rings. The maximum Gasteiger partial charge on any atom is 0.139 e. The van der Waals surface area contributed by atoms with Crippen molar-refractivity contribution in [3.05, 3.63) is 30.6 Å². The van der Waals surface area contributed by atoms with E-state index < -0.39 is 0 Å². The third kappa shape index (κ3) is 2.99. The highest BCUT2D eigenvalue weighted by Gasteiger charge is 2.25. The molecule has 0 saturated carbocycles. The first kappa shape index (κ1) is 14.2. The Morgan fingerprint density at radius 1 is 1.24 bits per heavy atom. The number of ether oxygens (including phenoxy) is 1. The molecule has 0 bridgehead atoms. The van der Waals surface area contributed by atoms with E-state index in [1.807, 2.05) is 18.2 Å². The van der Waals surface area contributed by atoms with Crippen LogP contribution in [0.5, 0.6) is 0 Å². The molecule has 1 fully saturated rings. The van der Waals surface area contributed by atoms with Gasteiger partial charge in [0.1, 0.15) is 12.1 Å². The molecule has 1 saturated heterocycles. The summed E-state index contributed by atoms with van der Waals surface area (Å²) in [5, 5.41) is 1.14. The van der Waals surface area contributed by atoms with E-state index in [9.17, 15) is 0 Å². The van der Waals surface area contributed by atoms with Gasteiger partial charge in [0, 0.05) is 44.7 Å². The summed E-state index contributed by atoms with van der Waals surface area (Å²) in [6.07, 6.45) is 1.67. The number of para-hydroxylation sites is 1. The van der Waals surface area contributed by atoms with Crippen LogP contribution in [0.4, 0.5) is 5.82 Å². The van der Waals surface area contributed by atoms with Gasteiger partial charge in [-0.25, -0.2) is 9.97 Å². The van der Waals surface area contributed by atoms with Crippen LogP contribution in [-0.4, -0.2) is 60.8 Å². The molecule has 2 aromatic rings. The van der Waals surface area contributed by atoms with Crippen LogP contribution in [0.3, 0.4) is 0 Å². The van der Waals surface area contributed by atoms with Crippen LogP contribution in [0, 0.1) is 0 Å². The van der Waals surface area contributed by atoms with E-state index in [0.717, 1.165) is 49.5 Å². The van der Waals surface area contributed by atoms with Gasteiger partial charge in [-0.05, 0) is 19.1 Å². The molecule has 1 aromatic carbocycles. The van der Waals surface area contributed by atoms with Gasteiger partial charge in [-0.2, -0.15) is 0 Å². The van der Waals surface area contributed by atoms with Crippen LogP contribution in [0.15, 0.2) is 30.6 Å². The first-order valence-electron chi connectivity index (χ1n) is 7.47. The SMILES string of the molecule is COCCN1CCN(c2ncnc3ccccc23)CC1C. The van der Waals surface area contributed by atoms with E-state index in [4.69, 9.17) is 4.74 Å². The first-order chi connectivity index (χ1) is 10.3. The Kier molecular flexibility index (Phi) is 4.31. The maximum atomic E-state index is 5.19. The number of benzene rings is 1. The lowest BCUT2D eigenvalue weighted by Crippen LogP contribution is -2.53. The summed E-state index contributed by atoms with van der Waals surface area (Å²) in [4.78, 5) is 13.7. The molecule has 0 aliphatic carbocycles. The summed E-state index contributed by atoms with van der Waals surface area (Å²) in [5.74, 6) is 1.05. The second-order valence-corrected chi connectivity index (χ2v) is 5.54. The summed E-state index contributed by atoms with van der Waals surface area (Å²) >= 11 is 0. The normalized spacial score (nSPS) is 20.1. The lowest BCUT2D eigenvalue weighted by Gasteiger charge is -2.40. The molecular weight excluding hydrogens is 264 g/mol. The Bertz CT molecular complexity index is 598. The molecule has 0 spiro atoms. The van der Waals surface area contributed by atoms with Gasteiger partial charge in [0.2, 0.25) is 0 Å². The molecule has 1 aliphatic heterocycles. The van der Waals surface area contributed by atoms with Gasteiger partial charge in [0.05, 0.1) is 12.1 Å². The molecule has 2 heterocycles. The highest BCUT2D eigenvalue weighted by Crippen LogP contribution is 2.24. The quantitative estimate of drug-likeness (QED) is 0.857. The van der Waals surface area contributed by atoms with Crippen molar-refractivity contribution < 1.29 is 4.74 Å². The fraction of sp³-hybridized carbons (Fsp3) is 0.500. The minimum absolute atomic E-state index is 0.502. The molecule has 21 heavy (non-hydrogen) atoms. The lowest BCUT2D eigenvalue weighted by atomic mass is 10.1. The average Bonchev–Trinajstić information content (AvgIpc) is 2.53. The summed E-state index contributed by atoms with van der Waals surface area (Å²) in [6, 6.07) is 8.71. The Morgan fingerprint density at radius 2 is 2.10 bits per heavy atom. The van der Waals surface area contributed by atoms with Crippen LogP contribution >= 0.6 is 0 Å². The van der Waals surface area contributed by atoms with E-state index in [2.05, 4.69) is 32.8 Å². The molecule has 3 rings (SSSR count). The number of hydrogen-bond acceptors (Lipinski definition) is 5. The van der Waals surface area contributed by atoms with Gasteiger partial charge in [-0.3, -0.25) is 4.90 Å². The number of nitrogens with zero attached hydrogens (tertiary/aromatic N) is 4. The minimum atomic E-state index is 0.502. The van der Waals surface area contributed by atoms with Gasteiger partial charge in [-0.1, -0.05) is 12.1 Å². The Labute approximate surface area is 125 Å². The minimum Gasteiger partial charge on any atom is -0.383 e. The summed E-state index contributed by atoms with van der Waals surface area (Å²) < 4.78 is 5.19. The van der Waals surface area contributed by atoms with Crippen LogP contribution in [0.2, 0.25) is 0 Å². The van der Waals surface area contributed by atoms with Gasteiger partial charge >= 0.3 is 0 Å². The van der Waals surface area contributed by atoms with Gasteiger partial charge in [-0.15, -0.1) is 0 Å². The molecule has 5 heteroatoms. The molecular formula is C16H22N4O. The van der Waals surface area contributed by atoms with Gasteiger partial charge in [0.15, 0.2) is 0 Å². The molecule has 1 unspecified atom stereocenters. The Hall–Kier alpha value is -1.72. The lowest BCUT2D eigenvalue weighted by molar-refractivity contribution is 0.117. The molecule has 1 atom stereocenters. The van der Waals surface area contributed by atoms with Crippen LogP contribution < -0.4 is 4.90 Å². The van der Waals surface area contributed by atoms with Crippen molar-refractivity contribution in [2.45, 2.75) is 13.0 Å². The van der Waals surface area contributed by atoms with Crippen molar-refractivity contribution in [2.75, 3.05) is 44.8 Å². The zero-order chi connectivity index (χ0) is 14.7. The number of hydrogen-bond donors (Lipinski definition) is 0. The number of methoxy groups -OCH3 is 1. The van der Waals surface area contributed by atoms with Crippen molar-refractivity contribution in [3.63, 3.8) is 0 Å². The van der Waals surface area contributed by atoms with Crippen molar-refractivity contribution in [3.8, 4) is 0 Å². The standard InChI is InChI=1S/C16H22N4O/c1-13-11-20(8-7-19(13)9-10-21-2)16-14-5-3-4-6-15(14)17-12-18-16/h3-6,12-13H,7-11H2,1-2H3. The fourth-order valence-corrected chi connectivity index (χ4v) is 2.97. The maximum absolute atomic E-state index is 5.19. The largest absolute Gasteiger partial charge is 0.383 e. The smallest absolute Gasteiger partial charge is 0.139 e. The van der Waals surface area contributed by atoms with Crippen LogP contribution in [-0.2, 0) is 4.74 Å². The summed E-state index contributed by atoms with van der Waals surface area (Å²) in [7, 11) is 1.76. The number of piperazine rings is 1. The zero-order valence-electron chi connectivity index (χ0n) is 12.7. The molecule has 112 valence electrons. The third-order valence-corrected chi connectivity index (χ3v) is 4.17. The average molecular weight is 286 g/mol. The fourth-order valence-electron chi connectivity index (χ4n) is 2.97. The summed E-state index contributed by atoms with van der Waals surface area (Å²) in [6.45, 7) is 7.09. The van der Waals surface area contributed by atoms with E-state index in [0.29, 0.717) is 6.04 Å². The van der Waals surface area contributed by atoms with E-state index >= 15 is 0 Å². The van der Waals surface area contributed by atoms with Crippen LogP contribution in [0.1, 0.15) is 6.92 Å². The molecule has 1 aromatic heterocycles. The third-order valence-electron chi connectivity index (χ3n) is 4.17. The predicted molar refractivity (Wildman–Crippen MR) is 84.7 cm³/mol. The number of fused-ring (bicyclic) bond motifs is 1. The van der Waals surface area contributed by atoms with E-state index in [-0.39, 0.29) is 0 Å². The molecule has 5 nitrogen and oxygen atoms in total. The summed E-state index contributed by atoms with van der Waals surface area (Å²) in [5.41, 5.74) is 1.01. The van der Waals surface area contributed by atoms with Gasteiger partial charge < -0.3 is 9.64 Å². The number of anilines is 1. The van der Waals surface area contributed by atoms with E-state index in [1.54, 1.807) is 13.4 Å². The predicted octanol–water partition coefficient (Wildman–Crippen LogP) is 1.79. The zero-order valence-corrected chi connectivity index (χ0v) is 12.7. The van der Waals surface area contributed by atoms with Crippen molar-refractivity contribution >= 4 is 16.7 Å². The monoisotopic (exact) mass is 286 g/mol. The molecule has 0 amide bonds. The molecule has 0 radical (unpaired) electrons. The van der Waals surface area contributed by atoms with Crippen LogP contribution in [0.25, 0.3) is 10.9 Å². The van der Waals surface area contributed by atoms with Crippen molar-refractivity contribution in [2.24, 2.45) is 0 Å². The Morgan fingerprint density at radius 3 is 2.90 bits per heavy atom. The second-order valence-electron chi connectivity index (χ2n) is 5.54. The number of aromatic nitrogens is 2. The highest BCUT2D eigenvalue weighted by atomic mass is 16.5. The van der Waals surface area contributed by atoms with Crippen molar-refractivity contribution in [1.82, 2.24) is 14.9 Å². The Balaban J connectivity index is 1.79. The van der Waals surface area contributed by atoms with E-state index in [1.165, 1.54) is 0 Å². The first-order valence-corrected chi connectivity index (χ1v) is 7.47. The topological polar surface area (TPSA) is 41.5 Å².